The Labute approximate surface area is 172 Å². The van der Waals surface area contributed by atoms with Crippen molar-refractivity contribution in [3.05, 3.63) is 35.7 Å². The zero-order valence-electron chi connectivity index (χ0n) is 15.3. The van der Waals surface area contributed by atoms with Crippen molar-refractivity contribution in [3.8, 4) is 0 Å². The maximum absolute atomic E-state index is 13.3. The van der Waals surface area contributed by atoms with Crippen molar-refractivity contribution in [1.29, 1.82) is 0 Å². The van der Waals surface area contributed by atoms with Gasteiger partial charge in [-0.15, -0.1) is 0 Å². The number of ether oxygens (including phenoxy) is 1. The number of hydrogen-bond acceptors (Lipinski definition) is 6. The lowest BCUT2D eigenvalue weighted by Crippen LogP contribution is -2.30. The van der Waals surface area contributed by atoms with Gasteiger partial charge in [0.05, 0.1) is 22.8 Å². The Balaban J connectivity index is 1.69. The van der Waals surface area contributed by atoms with Crippen LogP contribution in [0.25, 0.3) is 10.9 Å². The van der Waals surface area contributed by atoms with Gasteiger partial charge in [0.1, 0.15) is 6.04 Å². The summed E-state index contributed by atoms with van der Waals surface area (Å²) >= 11 is -1.42. The molecule has 1 amide bonds. The lowest BCUT2D eigenvalue weighted by atomic mass is 9.92. The summed E-state index contributed by atoms with van der Waals surface area (Å²) in [6, 6.07) is 4.29. The van der Waals surface area contributed by atoms with Gasteiger partial charge >= 0.3 is 0 Å². The number of hydrogen-bond donors (Lipinski definition) is 2. The Hall–Kier alpha value is -2.21. The number of fused-ring (bicyclic) bond motifs is 1. The van der Waals surface area contributed by atoms with Crippen LogP contribution in [-0.4, -0.2) is 42.6 Å². The van der Waals surface area contributed by atoms with E-state index in [1.54, 1.807) is 22.9 Å². The van der Waals surface area contributed by atoms with Crippen LogP contribution in [0.5, 0.6) is 0 Å². The Morgan fingerprint density at radius 3 is 2.90 bits per heavy atom. The maximum atomic E-state index is 13.3. The summed E-state index contributed by atoms with van der Waals surface area (Å²) in [6.07, 6.45) is 4.74. The molecular weight excluding hydrogens is 419 g/mol. The molecule has 1 aliphatic rings. The van der Waals surface area contributed by atoms with Crippen molar-refractivity contribution >= 4 is 44.4 Å². The van der Waals surface area contributed by atoms with E-state index >= 15 is 0 Å². The summed E-state index contributed by atoms with van der Waals surface area (Å²) in [7, 11) is 0. The van der Waals surface area contributed by atoms with Crippen LogP contribution in [0.1, 0.15) is 25.3 Å². The Kier molecular flexibility index (Phi) is 5.99. The topological polar surface area (TPSA) is 106 Å². The lowest BCUT2D eigenvalue weighted by molar-refractivity contribution is -0.120. The number of aromatic nitrogens is 3. The fourth-order valence-corrected chi connectivity index (χ4v) is 4.65. The van der Waals surface area contributed by atoms with Crippen molar-refractivity contribution in [1.82, 2.24) is 14.8 Å². The van der Waals surface area contributed by atoms with Crippen LogP contribution in [0, 0.1) is 11.0 Å². The van der Waals surface area contributed by atoms with Crippen molar-refractivity contribution in [2.75, 3.05) is 18.5 Å². The minimum atomic E-state index is -2.17. The van der Waals surface area contributed by atoms with E-state index in [0.29, 0.717) is 30.5 Å². The standard InChI is InChI=1S/C18H19FN4O4S2/c19-16-10-20-18(28-16)22-17(24)14(8-11-4-6-27-7-5-11)23-13-2-1-3-15(29(25)26)12(13)9-21-23/h1-3,9-11,14H,4-8H2,(H,25,26)(H,20,22,24). The Morgan fingerprint density at radius 1 is 1.41 bits per heavy atom. The first kappa shape index (κ1) is 20.1. The van der Waals surface area contributed by atoms with E-state index < -0.39 is 22.3 Å². The van der Waals surface area contributed by atoms with E-state index in [2.05, 4.69) is 15.4 Å². The van der Waals surface area contributed by atoms with E-state index in [-0.39, 0.29) is 21.9 Å². The molecule has 0 spiro atoms. The quantitative estimate of drug-likeness (QED) is 0.573. The third kappa shape index (κ3) is 4.37. The van der Waals surface area contributed by atoms with E-state index in [9.17, 15) is 17.9 Å². The number of anilines is 1. The number of carbonyl (C=O) groups excluding carboxylic acids is 1. The molecule has 0 bridgehead atoms. The molecule has 2 N–H and O–H groups in total. The highest BCUT2D eigenvalue weighted by Gasteiger charge is 2.29. The highest BCUT2D eigenvalue weighted by Crippen LogP contribution is 2.31. The number of benzene rings is 1. The van der Waals surface area contributed by atoms with Crippen LogP contribution < -0.4 is 5.32 Å². The van der Waals surface area contributed by atoms with Crippen LogP contribution in [0.3, 0.4) is 0 Å². The van der Waals surface area contributed by atoms with Crippen molar-refractivity contribution in [2.24, 2.45) is 5.92 Å². The van der Waals surface area contributed by atoms with E-state index in [0.717, 1.165) is 30.4 Å². The molecule has 2 aromatic heterocycles. The Bertz CT molecular complexity index is 1050. The molecule has 154 valence electrons. The van der Waals surface area contributed by atoms with Gasteiger partial charge in [-0.25, -0.2) is 9.19 Å². The van der Waals surface area contributed by atoms with Crippen LogP contribution in [0.2, 0.25) is 0 Å². The summed E-state index contributed by atoms with van der Waals surface area (Å²) in [6.45, 7) is 1.29. The number of thiazole rings is 1. The molecular formula is C18H19FN4O4S2. The molecule has 3 aromatic rings. The smallest absolute Gasteiger partial charge is 0.251 e. The third-order valence-electron chi connectivity index (χ3n) is 4.99. The fraction of sp³-hybridized carbons (Fsp3) is 0.389. The van der Waals surface area contributed by atoms with Crippen molar-refractivity contribution < 1.29 is 22.7 Å². The van der Waals surface area contributed by atoms with Gasteiger partial charge in [0.25, 0.3) is 5.91 Å². The summed E-state index contributed by atoms with van der Waals surface area (Å²) in [5.41, 5.74) is 0.586. The number of carbonyl (C=O) groups is 1. The normalized spacial score (nSPS) is 17.3. The average molecular weight is 439 g/mol. The van der Waals surface area contributed by atoms with E-state index in [1.807, 2.05) is 0 Å². The molecule has 8 nitrogen and oxygen atoms in total. The lowest BCUT2D eigenvalue weighted by Gasteiger charge is -2.26. The molecule has 0 saturated carbocycles. The second-order valence-corrected chi connectivity index (χ2v) is 8.71. The van der Waals surface area contributed by atoms with Gasteiger partial charge in [0.2, 0.25) is 0 Å². The highest BCUT2D eigenvalue weighted by atomic mass is 32.2. The highest BCUT2D eigenvalue weighted by molar-refractivity contribution is 7.79. The number of halogens is 1. The van der Waals surface area contributed by atoms with Gasteiger partial charge in [-0.3, -0.25) is 9.48 Å². The molecule has 3 heterocycles. The summed E-state index contributed by atoms with van der Waals surface area (Å²) in [5.74, 6) is -0.0895. The monoisotopic (exact) mass is 438 g/mol. The molecule has 11 heteroatoms. The summed E-state index contributed by atoms with van der Waals surface area (Å²) in [5, 5.41) is 7.24. The maximum Gasteiger partial charge on any atom is 0.251 e. The van der Waals surface area contributed by atoms with E-state index in [1.165, 1.54) is 6.20 Å². The minimum Gasteiger partial charge on any atom is -0.381 e. The average Bonchev–Trinajstić information content (AvgIpc) is 3.32. The number of nitrogens with zero attached hydrogens (tertiary/aromatic N) is 3. The summed E-state index contributed by atoms with van der Waals surface area (Å²) < 4.78 is 41.4. The molecule has 2 unspecified atom stereocenters. The molecule has 0 radical (unpaired) electrons. The predicted octanol–water partition coefficient (Wildman–Crippen LogP) is 3.21. The minimum absolute atomic E-state index is 0.179. The molecule has 0 aliphatic carbocycles. The third-order valence-corrected chi connectivity index (χ3v) is 6.43. The second kappa shape index (κ2) is 8.66. The van der Waals surface area contributed by atoms with Gasteiger partial charge in [-0.2, -0.15) is 9.49 Å². The molecule has 2 atom stereocenters. The molecule has 1 aliphatic heterocycles. The van der Waals surface area contributed by atoms with Crippen molar-refractivity contribution in [2.45, 2.75) is 30.2 Å². The molecule has 4 rings (SSSR count). The summed E-state index contributed by atoms with van der Waals surface area (Å²) in [4.78, 5) is 17.2. The first-order valence-electron chi connectivity index (χ1n) is 9.10. The van der Waals surface area contributed by atoms with Gasteiger partial charge < -0.3 is 14.6 Å². The Morgan fingerprint density at radius 2 is 2.21 bits per heavy atom. The molecule has 29 heavy (non-hydrogen) atoms. The van der Waals surface area contributed by atoms with Crippen LogP contribution in [0.15, 0.2) is 35.5 Å². The van der Waals surface area contributed by atoms with Crippen LogP contribution in [-0.2, 0) is 20.6 Å². The number of rotatable bonds is 6. The molecule has 1 aromatic carbocycles. The second-order valence-electron chi connectivity index (χ2n) is 6.79. The van der Waals surface area contributed by atoms with Crippen LogP contribution in [0.4, 0.5) is 9.52 Å². The SMILES string of the molecule is O=C(Nc1ncc(F)s1)C(CC1CCOCC1)n1ncc2c(S(=O)O)cccc21. The predicted molar refractivity (Wildman–Crippen MR) is 107 cm³/mol. The largest absolute Gasteiger partial charge is 0.381 e. The zero-order chi connectivity index (χ0) is 20.4. The van der Waals surface area contributed by atoms with E-state index in [4.69, 9.17) is 4.74 Å². The van der Waals surface area contributed by atoms with Gasteiger partial charge in [0.15, 0.2) is 21.3 Å². The molecule has 1 fully saturated rings. The number of nitrogens with one attached hydrogen (secondary N) is 1. The first-order chi connectivity index (χ1) is 14.0. The zero-order valence-corrected chi connectivity index (χ0v) is 16.9. The molecule has 1 saturated heterocycles. The van der Waals surface area contributed by atoms with Crippen LogP contribution >= 0.6 is 11.3 Å². The van der Waals surface area contributed by atoms with Gasteiger partial charge in [-0.1, -0.05) is 17.4 Å². The van der Waals surface area contributed by atoms with Gasteiger partial charge in [-0.05, 0) is 37.3 Å². The number of amides is 1. The van der Waals surface area contributed by atoms with Gasteiger partial charge in [0, 0.05) is 18.6 Å². The van der Waals surface area contributed by atoms with Crippen molar-refractivity contribution in [3.63, 3.8) is 0 Å². The first-order valence-corrected chi connectivity index (χ1v) is 11.0. The fourth-order valence-electron chi connectivity index (χ4n) is 3.56.